The lowest BCUT2D eigenvalue weighted by Crippen LogP contribution is -2.45. The highest BCUT2D eigenvalue weighted by Crippen LogP contribution is 2.46. The molecule has 1 spiro atoms. The van der Waals surface area contributed by atoms with Crippen LogP contribution >= 0.6 is 15.9 Å². The van der Waals surface area contributed by atoms with E-state index in [1.54, 1.807) is 6.34 Å². The highest BCUT2D eigenvalue weighted by atomic mass is 79.9. The predicted octanol–water partition coefficient (Wildman–Crippen LogP) is 3.96. The zero-order valence-electron chi connectivity index (χ0n) is 13.2. The Labute approximate surface area is 140 Å². The topological polar surface area (TPSA) is 41.5 Å². The normalized spacial score (nSPS) is 29.8. The summed E-state index contributed by atoms with van der Waals surface area (Å²) < 4.78 is 1.11. The fourth-order valence-corrected chi connectivity index (χ4v) is 4.38. The van der Waals surface area contributed by atoms with Gasteiger partial charge in [-0.25, -0.2) is 0 Å². The van der Waals surface area contributed by atoms with E-state index in [0.717, 1.165) is 30.2 Å². The average molecular weight is 363 g/mol. The van der Waals surface area contributed by atoms with Crippen LogP contribution in [0.3, 0.4) is 0 Å². The van der Waals surface area contributed by atoms with Gasteiger partial charge in [-0.05, 0) is 54.7 Å². The average Bonchev–Trinajstić information content (AvgIpc) is 3.09. The van der Waals surface area contributed by atoms with Crippen LogP contribution in [0.15, 0.2) is 33.7 Å². The second kappa shape index (κ2) is 6.15. The van der Waals surface area contributed by atoms with Crippen molar-refractivity contribution in [2.75, 3.05) is 0 Å². The van der Waals surface area contributed by atoms with Gasteiger partial charge < -0.3 is 5.32 Å². The molecule has 2 aliphatic rings. The van der Waals surface area contributed by atoms with Crippen LogP contribution in [-0.2, 0) is 11.2 Å². The number of nitrogens with one attached hydrogen (secondary N) is 1. The van der Waals surface area contributed by atoms with Crippen LogP contribution in [0.4, 0.5) is 0 Å². The van der Waals surface area contributed by atoms with Crippen molar-refractivity contribution in [1.29, 1.82) is 0 Å². The van der Waals surface area contributed by atoms with E-state index in [-0.39, 0.29) is 5.91 Å². The number of benzene rings is 1. The smallest absolute Gasteiger partial charge is 0.253 e. The van der Waals surface area contributed by atoms with Crippen LogP contribution in [-0.4, -0.2) is 17.8 Å². The van der Waals surface area contributed by atoms with Gasteiger partial charge in [-0.2, -0.15) is 0 Å². The minimum atomic E-state index is -0.479. The number of nitrogens with zero attached hydrogens (tertiary/aromatic N) is 1. The van der Waals surface area contributed by atoms with Crippen LogP contribution in [0.2, 0.25) is 0 Å². The van der Waals surface area contributed by atoms with Crippen molar-refractivity contribution in [3.63, 3.8) is 0 Å². The van der Waals surface area contributed by atoms with Gasteiger partial charge in [0.25, 0.3) is 5.91 Å². The number of carbonyl (C=O) groups excluding carboxylic acids is 1. The van der Waals surface area contributed by atoms with Gasteiger partial charge in [-0.3, -0.25) is 9.79 Å². The second-order valence-electron chi connectivity index (χ2n) is 6.82. The van der Waals surface area contributed by atoms with E-state index in [4.69, 9.17) is 0 Å². The van der Waals surface area contributed by atoms with Crippen molar-refractivity contribution in [3.8, 4) is 0 Å². The lowest BCUT2D eigenvalue weighted by atomic mass is 9.72. The molecule has 1 aliphatic carbocycles. The van der Waals surface area contributed by atoms with Crippen molar-refractivity contribution < 1.29 is 4.79 Å². The van der Waals surface area contributed by atoms with Gasteiger partial charge >= 0.3 is 0 Å². The molecule has 0 radical (unpaired) electrons. The summed E-state index contributed by atoms with van der Waals surface area (Å²) in [6.07, 6.45) is 5.76. The van der Waals surface area contributed by atoms with Gasteiger partial charge in [0, 0.05) is 4.47 Å². The first kappa shape index (κ1) is 15.7. The van der Waals surface area contributed by atoms with Crippen molar-refractivity contribution in [2.45, 2.75) is 45.1 Å². The Hall–Kier alpha value is -1.16. The Morgan fingerprint density at radius 2 is 2.09 bits per heavy atom. The first-order chi connectivity index (χ1) is 10.5. The lowest BCUT2D eigenvalue weighted by molar-refractivity contribution is -0.125. The Kier molecular flexibility index (Phi) is 4.40. The minimum absolute atomic E-state index is 0.109. The molecule has 1 aliphatic heterocycles. The number of halogens is 1. The molecular formula is C18H23BrN2O. The van der Waals surface area contributed by atoms with Gasteiger partial charge in [0.1, 0.15) is 5.54 Å². The fraction of sp³-hybridized carbons (Fsp3) is 0.556. The molecule has 1 aromatic carbocycles. The molecular weight excluding hydrogens is 340 g/mol. The van der Waals surface area contributed by atoms with E-state index in [1.807, 2.05) is 0 Å². The van der Waals surface area contributed by atoms with Crippen LogP contribution < -0.4 is 5.32 Å². The largest absolute Gasteiger partial charge is 0.315 e. The Morgan fingerprint density at radius 3 is 2.73 bits per heavy atom. The third kappa shape index (κ3) is 2.73. The van der Waals surface area contributed by atoms with E-state index >= 15 is 0 Å². The van der Waals surface area contributed by atoms with Crippen LogP contribution in [0, 0.1) is 17.8 Å². The zero-order valence-corrected chi connectivity index (χ0v) is 14.8. The fourth-order valence-electron chi connectivity index (χ4n) is 4.12. The van der Waals surface area contributed by atoms with Gasteiger partial charge in [0.15, 0.2) is 0 Å². The summed E-state index contributed by atoms with van der Waals surface area (Å²) >= 11 is 3.48. The lowest BCUT2D eigenvalue weighted by Gasteiger charge is -2.34. The first-order valence-electron chi connectivity index (χ1n) is 8.12. The summed E-state index contributed by atoms with van der Waals surface area (Å²) in [4.78, 5) is 16.8. The molecule has 4 atom stereocenters. The molecule has 4 heteroatoms. The molecule has 1 aromatic rings. The van der Waals surface area contributed by atoms with Gasteiger partial charge in [-0.15, -0.1) is 0 Å². The highest BCUT2D eigenvalue weighted by molar-refractivity contribution is 9.10. The third-order valence-electron chi connectivity index (χ3n) is 5.57. The summed E-state index contributed by atoms with van der Waals surface area (Å²) in [6.45, 7) is 4.59. The molecule has 0 bridgehead atoms. The van der Waals surface area contributed by atoms with E-state index in [2.05, 4.69) is 64.4 Å². The number of hydrogen-bond donors (Lipinski definition) is 1. The molecule has 1 heterocycles. The summed E-state index contributed by atoms with van der Waals surface area (Å²) in [6, 6.07) is 8.55. The predicted molar refractivity (Wildman–Crippen MR) is 92.9 cm³/mol. The zero-order chi connectivity index (χ0) is 15.7. The number of hydrogen-bond acceptors (Lipinski definition) is 2. The van der Waals surface area contributed by atoms with Crippen molar-refractivity contribution in [1.82, 2.24) is 5.32 Å². The molecule has 1 amide bonds. The van der Waals surface area contributed by atoms with E-state index < -0.39 is 5.54 Å². The van der Waals surface area contributed by atoms with Crippen molar-refractivity contribution in [2.24, 2.45) is 22.7 Å². The standard InChI is InChI=1S/C18H23BrN2O/c1-12(10-14-5-7-15(19)8-6-14)13(2)16-4-3-9-18(16)17(22)20-11-21-18/h5-8,11-13,16H,3-4,9-10H2,1-2H3,(H,20,21,22). The monoisotopic (exact) mass is 362 g/mol. The van der Waals surface area contributed by atoms with Gasteiger partial charge in [-0.1, -0.05) is 48.3 Å². The molecule has 1 fully saturated rings. The van der Waals surface area contributed by atoms with Crippen LogP contribution in [0.25, 0.3) is 0 Å². The van der Waals surface area contributed by atoms with Gasteiger partial charge in [0.2, 0.25) is 0 Å². The number of carbonyl (C=O) groups is 1. The van der Waals surface area contributed by atoms with Crippen molar-refractivity contribution in [3.05, 3.63) is 34.3 Å². The molecule has 3 nitrogen and oxygen atoms in total. The molecule has 118 valence electrons. The number of rotatable bonds is 4. The molecule has 0 aromatic heterocycles. The Balaban J connectivity index is 1.72. The second-order valence-corrected chi connectivity index (χ2v) is 7.74. The number of aliphatic imine (C=N–C) groups is 1. The Morgan fingerprint density at radius 1 is 1.36 bits per heavy atom. The van der Waals surface area contributed by atoms with Crippen molar-refractivity contribution >= 4 is 28.2 Å². The maximum atomic E-state index is 12.3. The molecule has 1 N–H and O–H groups in total. The summed E-state index contributed by atoms with van der Waals surface area (Å²) in [5.74, 6) is 1.48. The molecule has 0 saturated heterocycles. The molecule has 3 rings (SSSR count). The molecule has 22 heavy (non-hydrogen) atoms. The first-order valence-corrected chi connectivity index (χ1v) is 8.91. The molecule has 4 unspecified atom stereocenters. The number of amides is 1. The minimum Gasteiger partial charge on any atom is -0.315 e. The highest BCUT2D eigenvalue weighted by Gasteiger charge is 2.53. The van der Waals surface area contributed by atoms with E-state index in [9.17, 15) is 4.79 Å². The summed E-state index contributed by atoms with van der Waals surface area (Å²) in [5, 5.41) is 2.80. The third-order valence-corrected chi connectivity index (χ3v) is 6.10. The maximum absolute atomic E-state index is 12.3. The van der Waals surface area contributed by atoms with Gasteiger partial charge in [0.05, 0.1) is 6.34 Å². The SMILES string of the molecule is CC(Cc1ccc(Br)cc1)C(C)C1CCCC12N=CNC2=O. The Bertz CT molecular complexity index is 583. The van der Waals surface area contributed by atoms with E-state index in [0.29, 0.717) is 17.8 Å². The summed E-state index contributed by atoms with van der Waals surface area (Å²) in [5.41, 5.74) is 0.877. The quantitative estimate of drug-likeness (QED) is 0.864. The van der Waals surface area contributed by atoms with E-state index in [1.165, 1.54) is 5.56 Å². The molecule has 1 saturated carbocycles. The van der Waals surface area contributed by atoms with Crippen LogP contribution in [0.5, 0.6) is 0 Å². The maximum Gasteiger partial charge on any atom is 0.253 e. The van der Waals surface area contributed by atoms with Crippen LogP contribution in [0.1, 0.15) is 38.7 Å². The summed E-state index contributed by atoms with van der Waals surface area (Å²) in [7, 11) is 0.